The van der Waals surface area contributed by atoms with Crippen LogP contribution in [0.3, 0.4) is 0 Å². The van der Waals surface area contributed by atoms with Crippen LogP contribution in [0.5, 0.6) is 5.75 Å². The Bertz CT molecular complexity index is 1080. The molecule has 0 bridgehead atoms. The van der Waals surface area contributed by atoms with Crippen molar-refractivity contribution in [2.45, 2.75) is 20.3 Å². The summed E-state index contributed by atoms with van der Waals surface area (Å²) < 4.78 is 5.77. The van der Waals surface area contributed by atoms with Gasteiger partial charge in [0.2, 0.25) is 0 Å². The minimum atomic E-state index is -0.224. The number of ether oxygens (including phenoxy) is 1. The lowest BCUT2D eigenvalue weighted by Gasteiger charge is -2.24. The van der Waals surface area contributed by atoms with Gasteiger partial charge in [-0.15, -0.1) is 0 Å². The number of anilines is 1. The number of nitrogens with zero attached hydrogens (tertiary/aromatic N) is 2. The zero-order valence-corrected chi connectivity index (χ0v) is 19.2. The van der Waals surface area contributed by atoms with Gasteiger partial charge in [-0.05, 0) is 55.2 Å². The number of rotatable bonds is 8. The summed E-state index contributed by atoms with van der Waals surface area (Å²) in [6.07, 6.45) is 0.768. The third kappa shape index (κ3) is 5.76. The monoisotopic (exact) mass is 430 g/mol. The zero-order chi connectivity index (χ0) is 23.1. The number of aryl methyl sites for hydroxylation is 2. The highest BCUT2D eigenvalue weighted by atomic mass is 16.5. The van der Waals surface area contributed by atoms with E-state index in [4.69, 9.17) is 4.74 Å². The first-order chi connectivity index (χ1) is 15.4. The zero-order valence-electron chi connectivity index (χ0n) is 19.2. The van der Waals surface area contributed by atoms with Gasteiger partial charge in [-0.3, -0.25) is 9.59 Å². The number of amides is 2. The van der Waals surface area contributed by atoms with Gasteiger partial charge in [0.15, 0.2) is 6.61 Å². The normalized spacial score (nSPS) is 10.5. The largest absolute Gasteiger partial charge is 0.483 e. The first-order valence-electron chi connectivity index (χ1n) is 10.7. The van der Waals surface area contributed by atoms with Crippen LogP contribution in [0.1, 0.15) is 27.0 Å². The first-order valence-corrected chi connectivity index (χ1v) is 10.7. The Morgan fingerprint density at radius 3 is 2.31 bits per heavy atom. The third-order valence-electron chi connectivity index (χ3n) is 5.49. The number of carbonyl (C=O) groups excluding carboxylic acids is 2. The highest BCUT2D eigenvalue weighted by molar-refractivity contribution is 6.04. The number of para-hydroxylation sites is 1. The Labute approximate surface area is 190 Å². The Morgan fingerprint density at radius 2 is 1.56 bits per heavy atom. The van der Waals surface area contributed by atoms with Crippen molar-refractivity contribution < 1.29 is 14.3 Å². The van der Waals surface area contributed by atoms with E-state index < -0.39 is 0 Å². The highest BCUT2D eigenvalue weighted by Crippen LogP contribution is 2.23. The van der Waals surface area contributed by atoms with Crippen molar-refractivity contribution in [3.8, 4) is 5.75 Å². The number of likely N-dealkylation sites (N-methyl/N-ethyl adjacent to an activating group) is 2. The molecule has 0 atom stereocenters. The second-order valence-electron chi connectivity index (χ2n) is 7.99. The number of benzene rings is 3. The summed E-state index contributed by atoms with van der Waals surface area (Å²) in [5.74, 6) is 0.349. The summed E-state index contributed by atoms with van der Waals surface area (Å²) in [7, 11) is 3.46. The van der Waals surface area contributed by atoms with Crippen molar-refractivity contribution in [2.24, 2.45) is 0 Å². The van der Waals surface area contributed by atoms with Crippen molar-refractivity contribution in [2.75, 3.05) is 32.1 Å². The molecule has 0 aliphatic carbocycles. The van der Waals surface area contributed by atoms with Gasteiger partial charge < -0.3 is 14.5 Å². The molecule has 32 heavy (non-hydrogen) atoms. The maximum Gasteiger partial charge on any atom is 0.264 e. The molecule has 3 rings (SSSR count). The summed E-state index contributed by atoms with van der Waals surface area (Å²) in [4.78, 5) is 29.2. The third-order valence-corrected chi connectivity index (χ3v) is 5.49. The van der Waals surface area contributed by atoms with Gasteiger partial charge in [-0.1, -0.05) is 54.6 Å². The quantitative estimate of drug-likeness (QED) is 0.522. The molecule has 0 spiro atoms. The van der Waals surface area contributed by atoms with Crippen LogP contribution in [0.15, 0.2) is 72.8 Å². The Kier molecular flexibility index (Phi) is 7.66. The van der Waals surface area contributed by atoms with Gasteiger partial charge >= 0.3 is 0 Å². The molecule has 0 N–H and O–H groups in total. The average Bonchev–Trinajstić information content (AvgIpc) is 2.82. The van der Waals surface area contributed by atoms with Crippen molar-refractivity contribution in [1.82, 2.24) is 4.90 Å². The van der Waals surface area contributed by atoms with E-state index in [0.29, 0.717) is 23.5 Å². The van der Waals surface area contributed by atoms with E-state index in [2.05, 4.69) is 12.1 Å². The van der Waals surface area contributed by atoms with Gasteiger partial charge in [0.25, 0.3) is 11.8 Å². The highest BCUT2D eigenvalue weighted by Gasteiger charge is 2.21. The van der Waals surface area contributed by atoms with Crippen molar-refractivity contribution in [3.63, 3.8) is 0 Å². The molecule has 0 aromatic heterocycles. The molecular weight excluding hydrogens is 400 g/mol. The molecule has 2 amide bonds. The summed E-state index contributed by atoms with van der Waals surface area (Å²) in [5, 5.41) is 0. The lowest BCUT2D eigenvalue weighted by atomic mass is 10.1. The van der Waals surface area contributed by atoms with E-state index in [-0.39, 0.29) is 18.4 Å². The SMILES string of the molecule is Cc1ccc(C)c(OCC(=O)N(C)c2ccccc2C(=O)N(C)CCc2ccccc2)c1. The summed E-state index contributed by atoms with van der Waals surface area (Å²) in [6.45, 7) is 4.41. The first kappa shape index (κ1) is 23.1. The van der Waals surface area contributed by atoms with Gasteiger partial charge in [0.1, 0.15) is 5.75 Å². The molecule has 5 nitrogen and oxygen atoms in total. The standard InChI is InChI=1S/C27H30N2O3/c1-20-14-15-21(2)25(18-20)32-19-26(30)29(4)24-13-9-8-12-23(24)27(31)28(3)17-16-22-10-6-5-7-11-22/h5-15,18H,16-17,19H2,1-4H3. The van der Waals surface area contributed by atoms with Crippen LogP contribution in [0.2, 0.25) is 0 Å². The number of hydrogen-bond donors (Lipinski definition) is 0. The maximum atomic E-state index is 13.1. The molecule has 0 aliphatic heterocycles. The van der Waals surface area contributed by atoms with Crippen LogP contribution >= 0.6 is 0 Å². The van der Waals surface area contributed by atoms with E-state index in [1.54, 1.807) is 31.1 Å². The molecule has 0 fully saturated rings. The van der Waals surface area contributed by atoms with Crippen LogP contribution in [-0.2, 0) is 11.2 Å². The Balaban J connectivity index is 1.68. The van der Waals surface area contributed by atoms with Gasteiger partial charge in [-0.2, -0.15) is 0 Å². The fraction of sp³-hybridized carbons (Fsp3) is 0.259. The summed E-state index contributed by atoms with van der Waals surface area (Å²) in [5.41, 5.74) is 4.28. The topological polar surface area (TPSA) is 49.9 Å². The number of hydrogen-bond acceptors (Lipinski definition) is 3. The van der Waals surface area contributed by atoms with Crippen LogP contribution < -0.4 is 9.64 Å². The van der Waals surface area contributed by atoms with E-state index >= 15 is 0 Å². The van der Waals surface area contributed by atoms with Crippen molar-refractivity contribution in [1.29, 1.82) is 0 Å². The number of carbonyl (C=O) groups is 2. The van der Waals surface area contributed by atoms with Crippen LogP contribution in [0.4, 0.5) is 5.69 Å². The van der Waals surface area contributed by atoms with E-state index in [1.165, 1.54) is 10.5 Å². The molecule has 0 unspecified atom stereocenters. The second kappa shape index (κ2) is 10.6. The molecule has 3 aromatic carbocycles. The van der Waals surface area contributed by atoms with Gasteiger partial charge in [-0.25, -0.2) is 0 Å². The molecule has 3 aromatic rings. The van der Waals surface area contributed by atoms with Gasteiger partial charge in [0.05, 0.1) is 11.3 Å². The predicted octanol–water partition coefficient (Wildman–Crippen LogP) is 4.66. The van der Waals surface area contributed by atoms with Crippen molar-refractivity contribution >= 4 is 17.5 Å². The molecular formula is C27H30N2O3. The Hall–Kier alpha value is -3.60. The fourth-order valence-electron chi connectivity index (χ4n) is 3.43. The minimum absolute atomic E-state index is 0.104. The van der Waals surface area contributed by atoms with Crippen LogP contribution in [0, 0.1) is 13.8 Å². The summed E-state index contributed by atoms with van der Waals surface area (Å²) in [6, 6.07) is 23.1. The van der Waals surface area contributed by atoms with Crippen LogP contribution in [-0.4, -0.2) is 44.0 Å². The second-order valence-corrected chi connectivity index (χ2v) is 7.99. The smallest absolute Gasteiger partial charge is 0.264 e. The lowest BCUT2D eigenvalue weighted by molar-refractivity contribution is -0.120. The minimum Gasteiger partial charge on any atom is -0.483 e. The molecule has 0 saturated heterocycles. The van der Waals surface area contributed by atoms with E-state index in [1.807, 2.05) is 62.4 Å². The van der Waals surface area contributed by atoms with Gasteiger partial charge in [0, 0.05) is 20.6 Å². The molecule has 0 aliphatic rings. The predicted molar refractivity (Wildman–Crippen MR) is 128 cm³/mol. The lowest BCUT2D eigenvalue weighted by Crippen LogP contribution is -2.35. The average molecular weight is 431 g/mol. The maximum absolute atomic E-state index is 13.1. The van der Waals surface area contributed by atoms with Crippen LogP contribution in [0.25, 0.3) is 0 Å². The van der Waals surface area contributed by atoms with Crippen molar-refractivity contribution in [3.05, 3.63) is 95.1 Å². The van der Waals surface area contributed by atoms with E-state index in [9.17, 15) is 9.59 Å². The Morgan fingerprint density at radius 1 is 0.875 bits per heavy atom. The fourth-order valence-corrected chi connectivity index (χ4v) is 3.43. The molecule has 0 radical (unpaired) electrons. The molecule has 0 heterocycles. The summed E-state index contributed by atoms with van der Waals surface area (Å²) >= 11 is 0. The van der Waals surface area contributed by atoms with E-state index in [0.717, 1.165) is 17.5 Å². The molecule has 166 valence electrons. The molecule has 5 heteroatoms. The molecule has 0 saturated carbocycles.